The Morgan fingerprint density at radius 3 is 2.95 bits per heavy atom. The highest BCUT2D eigenvalue weighted by molar-refractivity contribution is 7.99. The topological polar surface area (TPSA) is 78.9 Å². The summed E-state index contributed by atoms with van der Waals surface area (Å²) < 4.78 is 5.36. The third-order valence-electron chi connectivity index (χ3n) is 3.58. The molecule has 0 radical (unpaired) electrons. The second kappa shape index (κ2) is 7.73. The van der Waals surface area contributed by atoms with E-state index in [1.165, 1.54) is 18.6 Å². The lowest BCUT2D eigenvalue weighted by Gasteiger charge is -2.33. The van der Waals surface area contributed by atoms with Gasteiger partial charge in [-0.1, -0.05) is 6.42 Å². The molecule has 0 bridgehead atoms. The molecule has 0 saturated carbocycles. The lowest BCUT2D eigenvalue weighted by atomic mass is 10.2. The van der Waals surface area contributed by atoms with Gasteiger partial charge in [0.25, 0.3) is 0 Å². The molecule has 20 heavy (non-hydrogen) atoms. The summed E-state index contributed by atoms with van der Waals surface area (Å²) >= 11 is 1.93. The third kappa shape index (κ3) is 4.86. The normalized spacial score (nSPS) is 27.1. The van der Waals surface area contributed by atoms with E-state index < -0.39 is 12.1 Å². The van der Waals surface area contributed by atoms with Crippen LogP contribution in [0.2, 0.25) is 0 Å². The fraction of sp³-hybridized carbons (Fsp3) is 0.846. The molecule has 2 rings (SSSR count). The van der Waals surface area contributed by atoms with E-state index >= 15 is 0 Å². The van der Waals surface area contributed by atoms with Crippen LogP contribution in [0.25, 0.3) is 0 Å². The summed E-state index contributed by atoms with van der Waals surface area (Å²) in [4.78, 5) is 24.4. The molecule has 6 nitrogen and oxygen atoms in total. The van der Waals surface area contributed by atoms with Crippen molar-refractivity contribution >= 4 is 23.8 Å². The van der Waals surface area contributed by atoms with Gasteiger partial charge < -0.3 is 20.1 Å². The Morgan fingerprint density at radius 1 is 1.40 bits per heavy atom. The van der Waals surface area contributed by atoms with E-state index in [1.54, 1.807) is 4.90 Å². The number of thioether (sulfide) groups is 1. The zero-order valence-electron chi connectivity index (χ0n) is 11.5. The maximum atomic E-state index is 12.1. The molecule has 0 aliphatic carbocycles. The van der Waals surface area contributed by atoms with Gasteiger partial charge in [-0.2, -0.15) is 11.8 Å². The summed E-state index contributed by atoms with van der Waals surface area (Å²) in [5.41, 5.74) is 0. The number of aliphatic carboxylic acids is 1. The van der Waals surface area contributed by atoms with E-state index in [4.69, 9.17) is 9.84 Å². The third-order valence-corrected chi connectivity index (χ3v) is 4.98. The maximum absolute atomic E-state index is 12.1. The van der Waals surface area contributed by atoms with Crippen LogP contribution in [-0.4, -0.2) is 65.4 Å². The smallest absolute Gasteiger partial charge is 0.317 e. The van der Waals surface area contributed by atoms with E-state index in [9.17, 15) is 9.59 Å². The SMILES string of the molecule is O=C(O)CC1CN(C(=O)NCC2CCCCS2)CCO1. The fourth-order valence-electron chi connectivity index (χ4n) is 2.50. The van der Waals surface area contributed by atoms with E-state index in [2.05, 4.69) is 5.32 Å². The lowest BCUT2D eigenvalue weighted by molar-refractivity contribution is -0.141. The Kier molecular flexibility index (Phi) is 5.97. The predicted molar refractivity (Wildman–Crippen MR) is 77.1 cm³/mol. The minimum Gasteiger partial charge on any atom is -0.481 e. The van der Waals surface area contributed by atoms with Crippen LogP contribution in [0.4, 0.5) is 4.79 Å². The molecule has 2 unspecified atom stereocenters. The number of carbonyl (C=O) groups excluding carboxylic acids is 1. The van der Waals surface area contributed by atoms with Crippen LogP contribution in [0.1, 0.15) is 25.7 Å². The molecule has 2 aliphatic rings. The number of carbonyl (C=O) groups is 2. The Balaban J connectivity index is 1.72. The summed E-state index contributed by atoms with van der Waals surface area (Å²) in [6, 6.07) is -0.102. The van der Waals surface area contributed by atoms with Crippen molar-refractivity contribution in [2.45, 2.75) is 37.0 Å². The van der Waals surface area contributed by atoms with Gasteiger partial charge in [-0.15, -0.1) is 0 Å². The van der Waals surface area contributed by atoms with Crippen molar-refractivity contribution in [3.05, 3.63) is 0 Å². The fourth-order valence-corrected chi connectivity index (χ4v) is 3.74. The molecular weight excluding hydrogens is 280 g/mol. The lowest BCUT2D eigenvalue weighted by Crippen LogP contribution is -2.51. The summed E-state index contributed by atoms with van der Waals surface area (Å²) in [7, 11) is 0. The van der Waals surface area contributed by atoms with E-state index in [0.717, 1.165) is 6.42 Å². The first-order valence-corrected chi connectivity index (χ1v) is 8.18. The number of rotatable bonds is 4. The van der Waals surface area contributed by atoms with Crippen molar-refractivity contribution in [3.63, 3.8) is 0 Å². The van der Waals surface area contributed by atoms with Crippen molar-refractivity contribution in [2.75, 3.05) is 32.0 Å². The number of hydrogen-bond donors (Lipinski definition) is 2. The number of nitrogens with one attached hydrogen (secondary N) is 1. The molecule has 0 aromatic heterocycles. The Morgan fingerprint density at radius 2 is 2.25 bits per heavy atom. The molecular formula is C13H22N2O4S. The second-order valence-corrected chi connectivity index (χ2v) is 6.62. The van der Waals surface area contributed by atoms with Gasteiger partial charge in [0.2, 0.25) is 0 Å². The molecule has 2 saturated heterocycles. The van der Waals surface area contributed by atoms with Gasteiger partial charge in [-0.05, 0) is 18.6 Å². The maximum Gasteiger partial charge on any atom is 0.317 e. The van der Waals surface area contributed by atoms with Crippen LogP contribution in [0.5, 0.6) is 0 Å². The van der Waals surface area contributed by atoms with Crippen LogP contribution >= 0.6 is 11.8 Å². The summed E-state index contributed by atoms with van der Waals surface area (Å²) in [5, 5.41) is 12.2. The number of carboxylic acid groups (broad SMARTS) is 1. The van der Waals surface area contributed by atoms with Crippen molar-refractivity contribution in [3.8, 4) is 0 Å². The van der Waals surface area contributed by atoms with Gasteiger partial charge >= 0.3 is 12.0 Å². The molecule has 0 aromatic rings. The molecule has 7 heteroatoms. The molecule has 2 fully saturated rings. The summed E-state index contributed by atoms with van der Waals surface area (Å²) in [6.07, 6.45) is 3.23. The molecule has 2 atom stereocenters. The molecule has 0 aromatic carbocycles. The van der Waals surface area contributed by atoms with Gasteiger partial charge in [0, 0.05) is 24.9 Å². The highest BCUT2D eigenvalue weighted by atomic mass is 32.2. The van der Waals surface area contributed by atoms with Gasteiger partial charge in [0.05, 0.1) is 19.1 Å². The Labute approximate surface area is 123 Å². The van der Waals surface area contributed by atoms with Crippen LogP contribution in [0.15, 0.2) is 0 Å². The highest BCUT2D eigenvalue weighted by Crippen LogP contribution is 2.24. The molecule has 2 heterocycles. The first kappa shape index (κ1) is 15.4. The summed E-state index contributed by atoms with van der Waals surface area (Å²) in [6.45, 7) is 1.99. The van der Waals surface area contributed by atoms with Gasteiger partial charge in [0.15, 0.2) is 0 Å². The molecule has 114 valence electrons. The van der Waals surface area contributed by atoms with Crippen LogP contribution in [0.3, 0.4) is 0 Å². The zero-order chi connectivity index (χ0) is 14.4. The van der Waals surface area contributed by atoms with Crippen LogP contribution in [-0.2, 0) is 9.53 Å². The number of urea groups is 1. The Bertz CT molecular complexity index is 347. The second-order valence-electron chi connectivity index (χ2n) is 5.21. The van der Waals surface area contributed by atoms with Gasteiger partial charge in [0.1, 0.15) is 0 Å². The number of hydrogen-bond acceptors (Lipinski definition) is 4. The number of carboxylic acids is 1. The quantitative estimate of drug-likeness (QED) is 0.814. The van der Waals surface area contributed by atoms with Crippen LogP contribution in [0, 0.1) is 0 Å². The molecule has 2 aliphatic heterocycles. The zero-order valence-corrected chi connectivity index (χ0v) is 12.4. The predicted octanol–water partition coefficient (Wildman–Crippen LogP) is 1.16. The van der Waals surface area contributed by atoms with Crippen molar-refractivity contribution in [1.29, 1.82) is 0 Å². The number of nitrogens with zero attached hydrogens (tertiary/aromatic N) is 1. The average molecular weight is 302 g/mol. The van der Waals surface area contributed by atoms with Gasteiger partial charge in [-0.3, -0.25) is 4.79 Å². The monoisotopic (exact) mass is 302 g/mol. The minimum atomic E-state index is -0.893. The number of ether oxygens (including phenoxy) is 1. The van der Waals surface area contributed by atoms with E-state index in [1.807, 2.05) is 11.8 Å². The molecule has 2 amide bonds. The highest BCUT2D eigenvalue weighted by Gasteiger charge is 2.26. The van der Waals surface area contributed by atoms with E-state index in [0.29, 0.717) is 31.5 Å². The van der Waals surface area contributed by atoms with Crippen LogP contribution < -0.4 is 5.32 Å². The summed E-state index contributed by atoms with van der Waals surface area (Å²) in [5.74, 6) is 0.287. The first-order chi connectivity index (χ1) is 9.65. The van der Waals surface area contributed by atoms with Crippen molar-refractivity contribution in [1.82, 2.24) is 10.2 Å². The van der Waals surface area contributed by atoms with E-state index in [-0.39, 0.29) is 12.5 Å². The largest absolute Gasteiger partial charge is 0.481 e. The van der Waals surface area contributed by atoms with Crippen molar-refractivity contribution in [2.24, 2.45) is 0 Å². The number of morpholine rings is 1. The first-order valence-electron chi connectivity index (χ1n) is 7.13. The van der Waals surface area contributed by atoms with Crippen molar-refractivity contribution < 1.29 is 19.4 Å². The number of amides is 2. The molecule has 2 N–H and O–H groups in total. The standard InChI is InChI=1S/C13H22N2O4S/c16-12(17)7-10-9-15(4-5-19-10)13(18)14-8-11-3-1-2-6-20-11/h10-11H,1-9H2,(H,14,18)(H,16,17). The Hall–Kier alpha value is -0.950. The van der Waals surface area contributed by atoms with Gasteiger partial charge in [-0.25, -0.2) is 4.79 Å². The minimum absolute atomic E-state index is 0.0533. The average Bonchev–Trinajstić information content (AvgIpc) is 2.45. The molecule has 0 spiro atoms.